The Labute approximate surface area is 126 Å². The molecule has 1 aromatic rings. The molecule has 0 unspecified atom stereocenters. The monoisotopic (exact) mass is 292 g/mol. The average Bonchev–Trinajstić information content (AvgIpc) is 2.46. The van der Waals surface area contributed by atoms with Gasteiger partial charge in [-0.2, -0.15) is 0 Å². The molecule has 4 heteroatoms. The zero-order valence-electron chi connectivity index (χ0n) is 13.4. The van der Waals surface area contributed by atoms with Gasteiger partial charge in [0.2, 0.25) is 0 Å². The van der Waals surface area contributed by atoms with E-state index in [1.54, 1.807) is 14.2 Å². The summed E-state index contributed by atoms with van der Waals surface area (Å²) in [7, 11) is 3.32. The minimum absolute atomic E-state index is 0.162. The summed E-state index contributed by atoms with van der Waals surface area (Å²) in [6.07, 6.45) is 3.48. The lowest BCUT2D eigenvalue weighted by Gasteiger charge is -2.16. The molecule has 1 N–H and O–H groups in total. The molecule has 0 aliphatic rings. The van der Waals surface area contributed by atoms with E-state index in [0.717, 1.165) is 33.8 Å². The lowest BCUT2D eigenvalue weighted by atomic mass is 9.99. The Kier molecular flexibility index (Phi) is 6.28. The maximum Gasteiger partial charge on any atom is 0.303 e. The van der Waals surface area contributed by atoms with Gasteiger partial charge < -0.3 is 14.6 Å². The Bertz CT molecular complexity index is 544. The van der Waals surface area contributed by atoms with Crippen molar-refractivity contribution in [2.24, 2.45) is 0 Å². The van der Waals surface area contributed by atoms with Crippen LogP contribution in [0.4, 0.5) is 0 Å². The van der Waals surface area contributed by atoms with Gasteiger partial charge in [0.05, 0.1) is 14.2 Å². The second-order valence-electron chi connectivity index (χ2n) is 5.17. The minimum atomic E-state index is -0.770. The van der Waals surface area contributed by atoms with Crippen LogP contribution >= 0.6 is 0 Å². The Morgan fingerprint density at radius 2 is 1.86 bits per heavy atom. The van der Waals surface area contributed by atoms with E-state index in [9.17, 15) is 4.79 Å². The second-order valence-corrected chi connectivity index (χ2v) is 5.17. The van der Waals surface area contributed by atoms with E-state index in [1.807, 2.05) is 26.8 Å². The van der Waals surface area contributed by atoms with Gasteiger partial charge in [0.15, 0.2) is 0 Å². The van der Waals surface area contributed by atoms with Crippen LogP contribution in [0.5, 0.6) is 11.5 Å². The highest BCUT2D eigenvalue weighted by molar-refractivity contribution is 5.67. The molecule has 0 aromatic heterocycles. The number of hydrogen-bond donors (Lipinski definition) is 1. The molecular formula is C17H24O4. The van der Waals surface area contributed by atoms with E-state index in [4.69, 9.17) is 14.6 Å². The molecular weight excluding hydrogens is 268 g/mol. The molecule has 0 bridgehead atoms. The summed E-state index contributed by atoms with van der Waals surface area (Å²) in [6, 6.07) is 1.99. The van der Waals surface area contributed by atoms with Crippen LogP contribution in [-0.2, 0) is 11.2 Å². The van der Waals surface area contributed by atoms with Crippen molar-refractivity contribution in [2.45, 2.75) is 40.0 Å². The van der Waals surface area contributed by atoms with Crippen molar-refractivity contribution in [3.05, 3.63) is 34.4 Å². The fourth-order valence-electron chi connectivity index (χ4n) is 2.27. The van der Waals surface area contributed by atoms with Crippen LogP contribution in [-0.4, -0.2) is 25.3 Å². The normalized spacial score (nSPS) is 11.4. The number of methoxy groups -OCH3 is 2. The predicted octanol–water partition coefficient (Wildman–Crippen LogP) is 3.67. The highest BCUT2D eigenvalue weighted by Gasteiger charge is 2.13. The maximum atomic E-state index is 10.6. The number of carboxylic acid groups (broad SMARTS) is 1. The maximum absolute atomic E-state index is 10.6. The number of ether oxygens (including phenoxy) is 2. The number of allylic oxidation sites excluding steroid dienone is 2. The molecule has 0 spiro atoms. The topological polar surface area (TPSA) is 55.8 Å². The van der Waals surface area contributed by atoms with E-state index < -0.39 is 5.97 Å². The first-order chi connectivity index (χ1) is 9.90. The number of benzene rings is 1. The van der Waals surface area contributed by atoms with Gasteiger partial charge in [-0.3, -0.25) is 4.79 Å². The minimum Gasteiger partial charge on any atom is -0.496 e. The summed E-state index contributed by atoms with van der Waals surface area (Å²) in [5, 5.41) is 8.70. The Morgan fingerprint density at radius 1 is 1.19 bits per heavy atom. The molecule has 0 saturated carbocycles. The van der Waals surface area contributed by atoms with Crippen LogP contribution in [0, 0.1) is 13.8 Å². The van der Waals surface area contributed by atoms with Crippen LogP contribution in [0.2, 0.25) is 0 Å². The highest BCUT2D eigenvalue weighted by Crippen LogP contribution is 2.33. The van der Waals surface area contributed by atoms with Gasteiger partial charge in [0.25, 0.3) is 0 Å². The van der Waals surface area contributed by atoms with Gasteiger partial charge in [-0.15, -0.1) is 0 Å². The highest BCUT2D eigenvalue weighted by atomic mass is 16.5. The molecule has 1 aromatic carbocycles. The summed E-state index contributed by atoms with van der Waals surface area (Å²) in [5.41, 5.74) is 4.26. The third kappa shape index (κ3) is 4.52. The van der Waals surface area contributed by atoms with Crippen molar-refractivity contribution in [1.82, 2.24) is 0 Å². The number of carbonyl (C=O) groups is 1. The fraction of sp³-hybridized carbons (Fsp3) is 0.471. The largest absolute Gasteiger partial charge is 0.496 e. The van der Waals surface area contributed by atoms with E-state index >= 15 is 0 Å². The number of aliphatic carboxylic acids is 1. The second kappa shape index (κ2) is 7.72. The van der Waals surface area contributed by atoms with Crippen LogP contribution in [0.15, 0.2) is 17.7 Å². The molecule has 116 valence electrons. The first kappa shape index (κ1) is 17.1. The summed E-state index contributed by atoms with van der Waals surface area (Å²) in [5.74, 6) is 0.948. The van der Waals surface area contributed by atoms with E-state index in [2.05, 4.69) is 6.08 Å². The molecule has 0 atom stereocenters. The van der Waals surface area contributed by atoms with E-state index in [-0.39, 0.29) is 6.42 Å². The summed E-state index contributed by atoms with van der Waals surface area (Å²) in [4.78, 5) is 10.6. The lowest BCUT2D eigenvalue weighted by molar-refractivity contribution is -0.136. The predicted molar refractivity (Wildman–Crippen MR) is 83.4 cm³/mol. The number of carboxylic acids is 1. The van der Waals surface area contributed by atoms with E-state index in [0.29, 0.717) is 12.8 Å². The van der Waals surface area contributed by atoms with Gasteiger partial charge in [0, 0.05) is 12.0 Å². The zero-order chi connectivity index (χ0) is 16.0. The van der Waals surface area contributed by atoms with E-state index in [1.165, 1.54) is 0 Å². The molecule has 0 amide bonds. The Morgan fingerprint density at radius 3 is 2.38 bits per heavy atom. The Balaban J connectivity index is 2.99. The first-order valence-electron chi connectivity index (χ1n) is 6.99. The molecule has 1 rings (SSSR count). The lowest BCUT2D eigenvalue weighted by Crippen LogP contribution is -2.00. The van der Waals surface area contributed by atoms with Crippen molar-refractivity contribution in [3.8, 4) is 11.5 Å². The molecule has 0 aliphatic carbocycles. The van der Waals surface area contributed by atoms with Gasteiger partial charge in [-0.25, -0.2) is 0 Å². The van der Waals surface area contributed by atoms with Crippen LogP contribution in [0.3, 0.4) is 0 Å². The van der Waals surface area contributed by atoms with Crippen LogP contribution in [0.1, 0.15) is 36.5 Å². The van der Waals surface area contributed by atoms with Crippen molar-refractivity contribution in [1.29, 1.82) is 0 Å². The summed E-state index contributed by atoms with van der Waals surface area (Å²) < 4.78 is 10.9. The third-order valence-corrected chi connectivity index (χ3v) is 3.70. The molecule has 0 heterocycles. The number of hydrogen-bond acceptors (Lipinski definition) is 3. The van der Waals surface area contributed by atoms with Gasteiger partial charge in [0.1, 0.15) is 11.5 Å². The van der Waals surface area contributed by atoms with Crippen LogP contribution < -0.4 is 9.47 Å². The smallest absolute Gasteiger partial charge is 0.303 e. The zero-order valence-corrected chi connectivity index (χ0v) is 13.4. The quantitative estimate of drug-likeness (QED) is 0.779. The van der Waals surface area contributed by atoms with Gasteiger partial charge >= 0.3 is 5.97 Å². The van der Waals surface area contributed by atoms with Crippen molar-refractivity contribution < 1.29 is 19.4 Å². The fourth-order valence-corrected chi connectivity index (χ4v) is 2.27. The van der Waals surface area contributed by atoms with Crippen molar-refractivity contribution in [2.75, 3.05) is 14.2 Å². The van der Waals surface area contributed by atoms with Gasteiger partial charge in [-0.05, 0) is 50.8 Å². The molecule has 0 aliphatic heterocycles. The molecule has 4 nitrogen and oxygen atoms in total. The molecule has 0 fully saturated rings. The Hall–Kier alpha value is -1.97. The van der Waals surface area contributed by atoms with Gasteiger partial charge in [-0.1, -0.05) is 11.6 Å². The summed E-state index contributed by atoms with van der Waals surface area (Å²) in [6.45, 7) is 5.98. The summed E-state index contributed by atoms with van der Waals surface area (Å²) >= 11 is 0. The van der Waals surface area contributed by atoms with Crippen molar-refractivity contribution in [3.63, 3.8) is 0 Å². The first-order valence-corrected chi connectivity index (χ1v) is 6.99. The van der Waals surface area contributed by atoms with Crippen LogP contribution in [0.25, 0.3) is 0 Å². The average molecular weight is 292 g/mol. The van der Waals surface area contributed by atoms with Crippen molar-refractivity contribution >= 4 is 5.97 Å². The SMILES string of the molecule is COc1cc(C/C=C(\C)CCC(=O)O)c(OC)c(C)c1C. The molecule has 21 heavy (non-hydrogen) atoms. The molecule has 0 saturated heterocycles. The standard InChI is InChI=1S/C17H24O4/c1-11(7-9-16(18)19)6-8-14-10-15(20-4)12(2)13(3)17(14)21-5/h6,10H,7-9H2,1-5H3,(H,18,19)/b11-6+. The number of rotatable bonds is 7. The third-order valence-electron chi connectivity index (χ3n) is 3.70. The molecule has 0 radical (unpaired) electrons.